The first-order chi connectivity index (χ1) is 11.8. The number of nitriles is 1. The molecule has 0 radical (unpaired) electrons. The molecular weight excluding hydrogens is 361 g/mol. The van der Waals surface area contributed by atoms with Gasteiger partial charge in [0.25, 0.3) is 0 Å². The second-order valence-electron chi connectivity index (χ2n) is 6.58. The molecule has 0 saturated carbocycles. The monoisotopic (exact) mass is 379 g/mol. The van der Waals surface area contributed by atoms with Crippen molar-refractivity contribution in [1.82, 2.24) is 9.88 Å². The maximum Gasteiger partial charge on any atom is 0.224 e. The molecule has 0 aliphatic carbocycles. The number of amides is 1. The number of aliphatic hydroxyl groups excluding tert-OH is 1. The minimum atomic E-state index is -0.497. The Bertz CT molecular complexity index is 896. The predicted molar refractivity (Wildman–Crippen MR) is 98.0 cm³/mol. The Kier molecular flexibility index (Phi) is 4.97. The molecule has 132 valence electrons. The first kappa shape index (κ1) is 18.1. The number of carbonyl (C=O) groups is 1. The highest BCUT2D eigenvalue weighted by molar-refractivity contribution is 6.45. The topological polar surface area (TPSA) is 78.0 Å². The van der Waals surface area contributed by atoms with E-state index >= 15 is 0 Å². The molecule has 2 unspecified atom stereocenters. The molecule has 2 heterocycles. The number of carbonyl (C=O) groups excluding carboxylic acids is 1. The molecule has 2 aromatic rings. The van der Waals surface area contributed by atoms with Crippen LogP contribution in [0.1, 0.15) is 36.1 Å². The average molecular weight is 380 g/mol. The number of aromatic nitrogens is 1. The fourth-order valence-electron chi connectivity index (χ4n) is 3.85. The van der Waals surface area contributed by atoms with Gasteiger partial charge < -0.3 is 15.0 Å². The van der Waals surface area contributed by atoms with Crippen LogP contribution in [0, 0.1) is 11.3 Å². The van der Waals surface area contributed by atoms with Gasteiger partial charge in [-0.25, -0.2) is 0 Å². The normalized spacial score (nSPS) is 18.4. The Morgan fingerprint density at radius 3 is 2.88 bits per heavy atom. The van der Waals surface area contributed by atoms with Gasteiger partial charge in [0, 0.05) is 30.6 Å². The minimum Gasteiger partial charge on any atom is -0.393 e. The molecule has 2 N–H and O–H groups in total. The van der Waals surface area contributed by atoms with Crippen LogP contribution in [-0.4, -0.2) is 28.2 Å². The van der Waals surface area contributed by atoms with Gasteiger partial charge in [-0.05, 0) is 30.5 Å². The van der Waals surface area contributed by atoms with Crippen LogP contribution < -0.4 is 5.32 Å². The van der Waals surface area contributed by atoms with Gasteiger partial charge >= 0.3 is 0 Å². The number of hydrogen-bond donors (Lipinski definition) is 2. The lowest BCUT2D eigenvalue weighted by molar-refractivity contribution is -0.120. The van der Waals surface area contributed by atoms with Crippen molar-refractivity contribution in [3.8, 4) is 6.07 Å². The summed E-state index contributed by atoms with van der Waals surface area (Å²) in [7, 11) is 1.89. The summed E-state index contributed by atoms with van der Waals surface area (Å²) < 4.78 is 1.97. The van der Waals surface area contributed by atoms with Crippen LogP contribution in [0.15, 0.2) is 6.07 Å². The number of benzene rings is 1. The van der Waals surface area contributed by atoms with Crippen molar-refractivity contribution < 1.29 is 9.90 Å². The first-order valence-corrected chi connectivity index (χ1v) is 8.90. The number of rotatable bonds is 3. The van der Waals surface area contributed by atoms with Crippen molar-refractivity contribution in [2.45, 2.75) is 38.2 Å². The molecule has 1 aliphatic rings. The average Bonchev–Trinajstić information content (AvgIpc) is 2.71. The van der Waals surface area contributed by atoms with Crippen LogP contribution in [-0.2, 0) is 24.7 Å². The summed E-state index contributed by atoms with van der Waals surface area (Å²) in [6.45, 7) is 2.19. The molecular formula is C18H19Cl2N3O2. The van der Waals surface area contributed by atoms with Crippen LogP contribution in [0.3, 0.4) is 0 Å². The van der Waals surface area contributed by atoms with Gasteiger partial charge in [0.1, 0.15) is 0 Å². The summed E-state index contributed by atoms with van der Waals surface area (Å²) >= 11 is 12.7. The molecule has 0 bridgehead atoms. The number of hydrogen-bond acceptors (Lipinski definition) is 3. The number of aryl methyl sites for hydroxylation is 1. The zero-order valence-corrected chi connectivity index (χ0v) is 15.6. The van der Waals surface area contributed by atoms with E-state index in [9.17, 15) is 15.2 Å². The zero-order chi connectivity index (χ0) is 18.3. The maximum atomic E-state index is 12.2. The van der Waals surface area contributed by atoms with Crippen LogP contribution in [0.25, 0.3) is 10.9 Å². The summed E-state index contributed by atoms with van der Waals surface area (Å²) in [5, 5.41) is 23.6. The van der Waals surface area contributed by atoms with E-state index < -0.39 is 6.10 Å². The van der Waals surface area contributed by atoms with Gasteiger partial charge in [-0.15, -0.1) is 0 Å². The number of nitrogens with one attached hydrogen (secondary N) is 1. The van der Waals surface area contributed by atoms with E-state index in [1.807, 2.05) is 11.6 Å². The maximum absolute atomic E-state index is 12.2. The first-order valence-electron chi connectivity index (χ1n) is 8.14. The third-order valence-corrected chi connectivity index (χ3v) is 5.53. The highest BCUT2D eigenvalue weighted by Crippen LogP contribution is 2.42. The second kappa shape index (κ2) is 6.87. The molecule has 5 nitrogen and oxygen atoms in total. The standard InChI is InChI=1S/C18H19Cl2N3O2/c1-9(24)5-11-8-22-14(25)7-12-15-10(3-4-21)6-13(19)16(20)18(15)23(2)17(11)12/h6,9,11,24H,3,5,7-8H2,1-2H3,(H,22,25). The highest BCUT2D eigenvalue weighted by atomic mass is 35.5. The largest absolute Gasteiger partial charge is 0.393 e. The molecule has 3 rings (SSSR count). The summed E-state index contributed by atoms with van der Waals surface area (Å²) in [6.07, 6.45) is 0.436. The lowest BCUT2D eigenvalue weighted by Gasteiger charge is -2.19. The molecule has 1 aliphatic heterocycles. The zero-order valence-electron chi connectivity index (χ0n) is 14.1. The van der Waals surface area contributed by atoms with E-state index in [0.717, 1.165) is 27.7 Å². The van der Waals surface area contributed by atoms with Gasteiger partial charge in [-0.1, -0.05) is 23.2 Å². The Morgan fingerprint density at radius 1 is 1.52 bits per heavy atom. The fraction of sp³-hybridized carbons (Fsp3) is 0.444. The van der Waals surface area contributed by atoms with Gasteiger partial charge in [-0.2, -0.15) is 5.26 Å². The predicted octanol–water partition coefficient (Wildman–Crippen LogP) is 3.08. The Balaban J connectivity index is 2.37. The van der Waals surface area contributed by atoms with E-state index in [2.05, 4.69) is 11.4 Å². The van der Waals surface area contributed by atoms with Gasteiger partial charge in [0.05, 0.1) is 40.6 Å². The van der Waals surface area contributed by atoms with Crippen molar-refractivity contribution in [3.05, 3.63) is 32.9 Å². The SMILES string of the molecule is CC(O)CC1CNC(=O)Cc2c1n(C)c1c(Cl)c(Cl)cc(CC#N)c21. The summed E-state index contributed by atoms with van der Waals surface area (Å²) in [5.41, 5.74) is 3.36. The Morgan fingerprint density at radius 2 is 2.24 bits per heavy atom. The van der Waals surface area contributed by atoms with Crippen molar-refractivity contribution in [3.63, 3.8) is 0 Å². The van der Waals surface area contributed by atoms with Gasteiger partial charge in [0.15, 0.2) is 0 Å². The van der Waals surface area contributed by atoms with Crippen LogP contribution in [0.2, 0.25) is 10.0 Å². The summed E-state index contributed by atoms with van der Waals surface area (Å²) in [5.74, 6) is -0.112. The van der Waals surface area contributed by atoms with Crippen LogP contribution in [0.5, 0.6) is 0 Å². The molecule has 1 amide bonds. The molecule has 1 aromatic carbocycles. The van der Waals surface area contributed by atoms with E-state index in [4.69, 9.17) is 23.2 Å². The second-order valence-corrected chi connectivity index (χ2v) is 7.36. The number of aliphatic hydroxyl groups is 1. The number of halogens is 2. The van der Waals surface area contributed by atoms with Crippen molar-refractivity contribution in [2.24, 2.45) is 7.05 Å². The summed E-state index contributed by atoms with van der Waals surface area (Å²) in [6, 6.07) is 3.87. The van der Waals surface area contributed by atoms with E-state index in [0.29, 0.717) is 23.0 Å². The molecule has 0 fully saturated rings. The quantitative estimate of drug-likeness (QED) is 0.859. The van der Waals surface area contributed by atoms with Crippen molar-refractivity contribution in [1.29, 1.82) is 5.26 Å². The van der Waals surface area contributed by atoms with Gasteiger partial charge in [-0.3, -0.25) is 4.79 Å². The van der Waals surface area contributed by atoms with Gasteiger partial charge in [0.2, 0.25) is 5.91 Å². The molecule has 2 atom stereocenters. The van der Waals surface area contributed by atoms with Crippen LogP contribution >= 0.6 is 23.2 Å². The lowest BCUT2D eigenvalue weighted by atomic mass is 9.93. The Hall–Kier alpha value is -1.74. The van der Waals surface area contributed by atoms with E-state index in [-0.39, 0.29) is 24.7 Å². The molecule has 1 aromatic heterocycles. The molecule has 25 heavy (non-hydrogen) atoms. The van der Waals surface area contributed by atoms with E-state index in [1.165, 1.54) is 0 Å². The van der Waals surface area contributed by atoms with Crippen LogP contribution in [0.4, 0.5) is 0 Å². The van der Waals surface area contributed by atoms with Crippen molar-refractivity contribution >= 4 is 40.0 Å². The third kappa shape index (κ3) is 3.10. The fourth-order valence-corrected chi connectivity index (χ4v) is 4.35. The molecule has 7 heteroatoms. The minimum absolute atomic E-state index is 0.0383. The third-order valence-electron chi connectivity index (χ3n) is 4.75. The smallest absolute Gasteiger partial charge is 0.224 e. The summed E-state index contributed by atoms with van der Waals surface area (Å²) in [4.78, 5) is 12.2. The molecule has 0 saturated heterocycles. The highest BCUT2D eigenvalue weighted by Gasteiger charge is 2.31. The Labute approximate surface area is 156 Å². The van der Waals surface area contributed by atoms with Crippen molar-refractivity contribution in [2.75, 3.05) is 6.54 Å². The number of nitrogens with zero attached hydrogens (tertiary/aromatic N) is 2. The molecule has 0 spiro atoms. The number of fused-ring (bicyclic) bond motifs is 3. The lowest BCUT2D eigenvalue weighted by Crippen LogP contribution is -2.28. The van der Waals surface area contributed by atoms with E-state index in [1.54, 1.807) is 13.0 Å².